The molecule has 0 aliphatic carbocycles. The zero-order chi connectivity index (χ0) is 13.9. The fraction of sp³-hybridized carbons (Fsp3) is 0.125. The van der Waals surface area contributed by atoms with Crippen LogP contribution >= 0.6 is 11.8 Å². The Balaban J connectivity index is 1.91. The molecule has 0 saturated carbocycles. The third-order valence-electron chi connectivity index (χ3n) is 3.07. The molecule has 2 aromatic carbocycles. The first-order valence-corrected chi connectivity index (χ1v) is 7.54. The Morgan fingerprint density at radius 3 is 2.20 bits per heavy atom. The van der Waals surface area contributed by atoms with E-state index in [1.165, 1.54) is 10.5 Å². The first-order chi connectivity index (χ1) is 9.76. The van der Waals surface area contributed by atoms with Gasteiger partial charge in [0.1, 0.15) is 0 Å². The van der Waals surface area contributed by atoms with Crippen molar-refractivity contribution in [2.45, 2.75) is 11.8 Å². The highest BCUT2D eigenvalue weighted by molar-refractivity contribution is 7.98. The van der Waals surface area contributed by atoms with Crippen molar-refractivity contribution in [2.24, 2.45) is 0 Å². The van der Waals surface area contributed by atoms with E-state index in [2.05, 4.69) is 35.5 Å². The molecule has 20 heavy (non-hydrogen) atoms. The van der Waals surface area contributed by atoms with Crippen molar-refractivity contribution >= 4 is 11.8 Å². The van der Waals surface area contributed by atoms with Gasteiger partial charge in [0.2, 0.25) is 5.82 Å². The highest BCUT2D eigenvalue weighted by Gasteiger charge is 2.10. The quantitative estimate of drug-likeness (QED) is 0.666. The van der Waals surface area contributed by atoms with Crippen molar-refractivity contribution in [3.63, 3.8) is 0 Å². The molecule has 4 heteroatoms. The van der Waals surface area contributed by atoms with Crippen LogP contribution in [0, 0.1) is 6.92 Å². The fourth-order valence-electron chi connectivity index (χ4n) is 1.89. The Hall–Kier alpha value is -2.07. The minimum Gasteiger partial charge on any atom is -0.334 e. The molecule has 0 unspecified atom stereocenters. The van der Waals surface area contributed by atoms with Gasteiger partial charge in [-0.1, -0.05) is 35.0 Å². The maximum Gasteiger partial charge on any atom is 0.258 e. The third-order valence-corrected chi connectivity index (χ3v) is 3.82. The van der Waals surface area contributed by atoms with Crippen molar-refractivity contribution in [2.75, 3.05) is 6.26 Å². The number of hydrogen-bond acceptors (Lipinski definition) is 4. The first-order valence-electron chi connectivity index (χ1n) is 6.31. The van der Waals surface area contributed by atoms with Gasteiger partial charge in [-0.15, -0.1) is 11.8 Å². The summed E-state index contributed by atoms with van der Waals surface area (Å²) in [7, 11) is 0. The van der Waals surface area contributed by atoms with E-state index in [0.717, 1.165) is 11.1 Å². The number of thioether (sulfide) groups is 1. The lowest BCUT2D eigenvalue weighted by Gasteiger charge is -1.97. The molecule has 1 heterocycles. The lowest BCUT2D eigenvalue weighted by Crippen LogP contribution is -1.82. The fourth-order valence-corrected chi connectivity index (χ4v) is 2.30. The van der Waals surface area contributed by atoms with Crippen molar-refractivity contribution < 1.29 is 4.52 Å². The molecule has 0 radical (unpaired) electrons. The maximum atomic E-state index is 5.34. The Bertz CT molecular complexity index is 702. The van der Waals surface area contributed by atoms with Crippen LogP contribution < -0.4 is 0 Å². The van der Waals surface area contributed by atoms with Gasteiger partial charge in [0.05, 0.1) is 0 Å². The van der Waals surface area contributed by atoms with Crippen LogP contribution in [0.5, 0.6) is 0 Å². The molecular weight excluding hydrogens is 268 g/mol. The Morgan fingerprint density at radius 2 is 1.55 bits per heavy atom. The largest absolute Gasteiger partial charge is 0.334 e. The molecule has 0 aliphatic rings. The normalized spacial score (nSPS) is 10.7. The Labute approximate surface area is 122 Å². The SMILES string of the molecule is CSc1ccc(-c2nc(-c3ccc(C)cc3)no2)cc1. The molecule has 0 atom stereocenters. The average Bonchev–Trinajstić information content (AvgIpc) is 2.98. The first kappa shape index (κ1) is 12.9. The topological polar surface area (TPSA) is 38.9 Å². The molecule has 100 valence electrons. The number of aryl methyl sites for hydroxylation is 1. The van der Waals surface area contributed by atoms with Gasteiger partial charge >= 0.3 is 0 Å². The van der Waals surface area contributed by atoms with E-state index in [9.17, 15) is 0 Å². The van der Waals surface area contributed by atoms with Crippen molar-refractivity contribution in [3.8, 4) is 22.8 Å². The highest BCUT2D eigenvalue weighted by Crippen LogP contribution is 2.24. The van der Waals surface area contributed by atoms with E-state index in [-0.39, 0.29) is 0 Å². The molecule has 0 N–H and O–H groups in total. The van der Waals surface area contributed by atoms with Gasteiger partial charge in [0.15, 0.2) is 0 Å². The highest BCUT2D eigenvalue weighted by atomic mass is 32.2. The van der Waals surface area contributed by atoms with Gasteiger partial charge in [-0.3, -0.25) is 0 Å². The summed E-state index contributed by atoms with van der Waals surface area (Å²) in [6, 6.07) is 16.2. The second-order valence-electron chi connectivity index (χ2n) is 4.52. The zero-order valence-electron chi connectivity index (χ0n) is 11.3. The van der Waals surface area contributed by atoms with E-state index >= 15 is 0 Å². The average molecular weight is 282 g/mol. The van der Waals surface area contributed by atoms with Gasteiger partial charge in [0, 0.05) is 16.0 Å². The van der Waals surface area contributed by atoms with E-state index in [1.54, 1.807) is 11.8 Å². The zero-order valence-corrected chi connectivity index (χ0v) is 12.1. The standard InChI is InChI=1S/C16H14N2OS/c1-11-3-5-12(6-4-11)15-17-16(19-18-15)13-7-9-14(20-2)10-8-13/h3-10H,1-2H3. The molecule has 3 nitrogen and oxygen atoms in total. The van der Waals surface area contributed by atoms with Gasteiger partial charge < -0.3 is 4.52 Å². The van der Waals surface area contributed by atoms with Crippen LogP contribution in [0.1, 0.15) is 5.56 Å². The number of nitrogens with zero attached hydrogens (tertiary/aromatic N) is 2. The summed E-state index contributed by atoms with van der Waals surface area (Å²) in [5, 5.41) is 4.04. The van der Waals surface area contributed by atoms with Gasteiger partial charge in [-0.2, -0.15) is 4.98 Å². The monoisotopic (exact) mass is 282 g/mol. The Kier molecular flexibility index (Phi) is 3.56. The molecule has 0 amide bonds. The summed E-state index contributed by atoms with van der Waals surface area (Å²) in [6.07, 6.45) is 2.05. The summed E-state index contributed by atoms with van der Waals surface area (Å²) in [5.74, 6) is 1.17. The van der Waals surface area contributed by atoms with Crippen LogP contribution in [0.25, 0.3) is 22.8 Å². The lowest BCUT2D eigenvalue weighted by molar-refractivity contribution is 0.432. The maximum absolute atomic E-state index is 5.34. The second-order valence-corrected chi connectivity index (χ2v) is 5.40. The number of benzene rings is 2. The predicted octanol–water partition coefficient (Wildman–Crippen LogP) is 4.43. The van der Waals surface area contributed by atoms with E-state index in [4.69, 9.17) is 4.52 Å². The predicted molar refractivity (Wildman–Crippen MR) is 81.7 cm³/mol. The van der Waals surface area contributed by atoms with Crippen LogP contribution in [-0.4, -0.2) is 16.4 Å². The molecule has 0 saturated heterocycles. The van der Waals surface area contributed by atoms with Crippen LogP contribution in [-0.2, 0) is 0 Å². The van der Waals surface area contributed by atoms with Crippen LogP contribution in [0.3, 0.4) is 0 Å². The smallest absolute Gasteiger partial charge is 0.258 e. The third kappa shape index (κ3) is 2.60. The molecule has 0 bridgehead atoms. The number of hydrogen-bond donors (Lipinski definition) is 0. The minimum absolute atomic E-state index is 0.549. The summed E-state index contributed by atoms with van der Waals surface area (Å²) in [5.41, 5.74) is 3.12. The van der Waals surface area contributed by atoms with E-state index < -0.39 is 0 Å². The van der Waals surface area contributed by atoms with Crippen LogP contribution in [0.4, 0.5) is 0 Å². The van der Waals surface area contributed by atoms with Gasteiger partial charge in [0.25, 0.3) is 5.89 Å². The summed E-state index contributed by atoms with van der Waals surface area (Å²) >= 11 is 1.71. The Morgan fingerprint density at radius 1 is 0.900 bits per heavy atom. The van der Waals surface area contributed by atoms with Gasteiger partial charge in [-0.05, 0) is 37.4 Å². The second kappa shape index (κ2) is 5.51. The summed E-state index contributed by atoms with van der Waals surface area (Å²) in [6.45, 7) is 2.05. The van der Waals surface area contributed by atoms with Gasteiger partial charge in [-0.25, -0.2) is 0 Å². The molecule has 1 aromatic heterocycles. The number of rotatable bonds is 3. The molecule has 0 fully saturated rings. The van der Waals surface area contributed by atoms with Crippen molar-refractivity contribution in [3.05, 3.63) is 54.1 Å². The van der Waals surface area contributed by atoms with Crippen molar-refractivity contribution in [1.82, 2.24) is 10.1 Å². The van der Waals surface area contributed by atoms with Crippen LogP contribution in [0.2, 0.25) is 0 Å². The molecule has 3 aromatic rings. The minimum atomic E-state index is 0.549. The van der Waals surface area contributed by atoms with Crippen molar-refractivity contribution in [1.29, 1.82) is 0 Å². The van der Waals surface area contributed by atoms with E-state index in [1.807, 2.05) is 36.4 Å². The lowest BCUT2D eigenvalue weighted by atomic mass is 10.1. The molecule has 3 rings (SSSR count). The summed E-state index contributed by atoms with van der Waals surface area (Å²) < 4.78 is 5.34. The van der Waals surface area contributed by atoms with Crippen LogP contribution in [0.15, 0.2) is 57.9 Å². The molecule has 0 aliphatic heterocycles. The number of aromatic nitrogens is 2. The van der Waals surface area contributed by atoms with E-state index in [0.29, 0.717) is 11.7 Å². The molecule has 0 spiro atoms. The molecular formula is C16H14N2OS. The summed E-state index contributed by atoms with van der Waals surface area (Å²) in [4.78, 5) is 5.67.